The van der Waals surface area contributed by atoms with Gasteiger partial charge in [0.05, 0.1) is 50.0 Å². The Morgan fingerprint density at radius 2 is 1.93 bits per heavy atom. The standard InChI is InChI=1S/C20H23N3O6S/c1-28-14-5-3-13(4-6-14)8-22-12-21-15-7-16(20(27)29-2)23(9-17(15)22)18(24)10-30-11-19(25)26/h3-6,12,16H,7-11H2,1-2H3,(H,25,26)/t16-/m0/s1. The van der Waals surface area contributed by atoms with Crippen molar-refractivity contribution in [1.29, 1.82) is 0 Å². The van der Waals surface area contributed by atoms with Gasteiger partial charge in [0.25, 0.3) is 0 Å². The summed E-state index contributed by atoms with van der Waals surface area (Å²) in [6, 6.07) is 6.89. The topological polar surface area (TPSA) is 111 Å². The predicted octanol–water partition coefficient (Wildman–Crippen LogP) is 1.18. The number of ether oxygens (including phenoxy) is 2. The van der Waals surface area contributed by atoms with E-state index in [9.17, 15) is 14.4 Å². The molecule has 0 spiro atoms. The summed E-state index contributed by atoms with van der Waals surface area (Å²) in [5.74, 6) is -1.24. The summed E-state index contributed by atoms with van der Waals surface area (Å²) < 4.78 is 12.0. The molecule has 3 rings (SSSR count). The molecule has 0 fully saturated rings. The molecule has 160 valence electrons. The van der Waals surface area contributed by atoms with Crippen LogP contribution in [0.4, 0.5) is 0 Å². The third kappa shape index (κ3) is 4.93. The van der Waals surface area contributed by atoms with Gasteiger partial charge >= 0.3 is 11.9 Å². The van der Waals surface area contributed by atoms with Crippen LogP contribution in [0.25, 0.3) is 0 Å². The molecule has 1 amide bonds. The number of imidazole rings is 1. The SMILES string of the molecule is COC(=O)[C@@H]1Cc2ncn(Cc3ccc(OC)cc3)c2CN1C(=O)CSCC(=O)O. The van der Waals surface area contributed by atoms with E-state index in [2.05, 4.69) is 4.98 Å². The molecule has 1 atom stereocenters. The Kier molecular flexibility index (Phi) is 6.99. The monoisotopic (exact) mass is 433 g/mol. The first-order valence-electron chi connectivity index (χ1n) is 9.25. The summed E-state index contributed by atoms with van der Waals surface area (Å²) >= 11 is 1.00. The molecule has 1 aromatic carbocycles. The summed E-state index contributed by atoms with van der Waals surface area (Å²) in [4.78, 5) is 41.6. The van der Waals surface area contributed by atoms with Crippen LogP contribution >= 0.6 is 11.8 Å². The number of amides is 1. The smallest absolute Gasteiger partial charge is 0.329 e. The minimum atomic E-state index is -0.990. The number of carboxylic acids is 1. The number of carboxylic acid groups (broad SMARTS) is 1. The third-order valence-corrected chi connectivity index (χ3v) is 5.77. The van der Waals surface area contributed by atoms with Gasteiger partial charge in [-0.15, -0.1) is 11.8 Å². The average Bonchev–Trinajstić information content (AvgIpc) is 3.14. The highest BCUT2D eigenvalue weighted by Crippen LogP contribution is 2.25. The fourth-order valence-electron chi connectivity index (χ4n) is 3.35. The van der Waals surface area contributed by atoms with Gasteiger partial charge in [-0.2, -0.15) is 0 Å². The zero-order valence-corrected chi connectivity index (χ0v) is 17.6. The molecule has 2 heterocycles. The molecule has 0 saturated heterocycles. The molecule has 1 aliphatic heterocycles. The second-order valence-electron chi connectivity index (χ2n) is 6.77. The van der Waals surface area contributed by atoms with Crippen molar-refractivity contribution in [1.82, 2.24) is 14.5 Å². The van der Waals surface area contributed by atoms with E-state index in [1.165, 1.54) is 12.0 Å². The number of hydrogen-bond acceptors (Lipinski definition) is 7. The summed E-state index contributed by atoms with van der Waals surface area (Å²) in [6.07, 6.45) is 1.96. The van der Waals surface area contributed by atoms with Crippen LogP contribution < -0.4 is 4.74 Å². The second kappa shape index (κ2) is 9.66. The van der Waals surface area contributed by atoms with Crippen molar-refractivity contribution in [2.75, 3.05) is 25.7 Å². The number of aromatic nitrogens is 2. The van der Waals surface area contributed by atoms with Crippen molar-refractivity contribution in [2.24, 2.45) is 0 Å². The van der Waals surface area contributed by atoms with Crippen LogP contribution in [0.15, 0.2) is 30.6 Å². The van der Waals surface area contributed by atoms with E-state index in [4.69, 9.17) is 14.6 Å². The molecule has 0 aliphatic carbocycles. The Bertz CT molecular complexity index is 927. The molecule has 9 nitrogen and oxygen atoms in total. The van der Waals surface area contributed by atoms with Crippen LogP contribution in [0.5, 0.6) is 5.75 Å². The molecule has 1 aliphatic rings. The number of aliphatic carboxylic acids is 1. The van der Waals surface area contributed by atoms with Crippen molar-refractivity contribution >= 4 is 29.6 Å². The average molecular weight is 433 g/mol. The molecular weight excluding hydrogens is 410 g/mol. The molecule has 1 aromatic heterocycles. The first-order chi connectivity index (χ1) is 14.4. The highest BCUT2D eigenvalue weighted by atomic mass is 32.2. The minimum Gasteiger partial charge on any atom is -0.497 e. The van der Waals surface area contributed by atoms with E-state index in [0.29, 0.717) is 6.54 Å². The maximum absolute atomic E-state index is 12.7. The first-order valence-corrected chi connectivity index (χ1v) is 10.4. The Labute approximate surface area is 178 Å². The minimum absolute atomic E-state index is 0.0260. The number of hydrogen-bond donors (Lipinski definition) is 1. The number of fused-ring (bicyclic) bond motifs is 1. The number of carbonyl (C=O) groups is 3. The highest BCUT2D eigenvalue weighted by Gasteiger charge is 2.37. The fraction of sp³-hybridized carbons (Fsp3) is 0.400. The molecular formula is C20H23N3O6S. The van der Waals surface area contributed by atoms with Crippen LogP contribution in [0.1, 0.15) is 17.0 Å². The first kappa shape index (κ1) is 21.7. The molecule has 10 heteroatoms. The van der Waals surface area contributed by atoms with E-state index in [0.717, 1.165) is 34.5 Å². The third-order valence-electron chi connectivity index (χ3n) is 4.87. The number of nitrogens with zero attached hydrogens (tertiary/aromatic N) is 3. The lowest BCUT2D eigenvalue weighted by Crippen LogP contribution is -2.50. The van der Waals surface area contributed by atoms with Gasteiger partial charge < -0.3 is 24.0 Å². The van der Waals surface area contributed by atoms with E-state index in [-0.39, 0.29) is 30.4 Å². The molecule has 0 saturated carbocycles. The van der Waals surface area contributed by atoms with Crippen molar-refractivity contribution < 1.29 is 29.0 Å². The Morgan fingerprint density at radius 3 is 2.57 bits per heavy atom. The summed E-state index contributed by atoms with van der Waals surface area (Å²) in [7, 11) is 2.89. The van der Waals surface area contributed by atoms with Crippen LogP contribution in [-0.4, -0.2) is 69.2 Å². The maximum Gasteiger partial charge on any atom is 0.329 e. The molecule has 2 aromatic rings. The van der Waals surface area contributed by atoms with Crippen LogP contribution in [0.2, 0.25) is 0 Å². The van der Waals surface area contributed by atoms with Crippen molar-refractivity contribution in [3.63, 3.8) is 0 Å². The van der Waals surface area contributed by atoms with E-state index in [1.807, 2.05) is 28.8 Å². The fourth-order valence-corrected chi connectivity index (χ4v) is 3.97. The molecule has 0 bridgehead atoms. The lowest BCUT2D eigenvalue weighted by Gasteiger charge is -2.34. The zero-order valence-electron chi connectivity index (χ0n) is 16.7. The quantitative estimate of drug-likeness (QED) is 0.618. The number of esters is 1. The van der Waals surface area contributed by atoms with Crippen LogP contribution in [0, 0.1) is 0 Å². The predicted molar refractivity (Wildman–Crippen MR) is 109 cm³/mol. The van der Waals surface area contributed by atoms with Crippen molar-refractivity contribution in [3.05, 3.63) is 47.5 Å². The summed E-state index contributed by atoms with van der Waals surface area (Å²) in [6.45, 7) is 0.767. The second-order valence-corrected chi connectivity index (χ2v) is 7.75. The molecule has 30 heavy (non-hydrogen) atoms. The van der Waals surface area contributed by atoms with Gasteiger partial charge in [-0.3, -0.25) is 9.59 Å². The van der Waals surface area contributed by atoms with Crippen LogP contribution in [-0.2, 0) is 38.6 Å². The number of carbonyl (C=O) groups excluding carboxylic acids is 2. The van der Waals surface area contributed by atoms with Gasteiger partial charge in [0.1, 0.15) is 11.8 Å². The Morgan fingerprint density at radius 1 is 1.20 bits per heavy atom. The van der Waals surface area contributed by atoms with Gasteiger partial charge in [-0.1, -0.05) is 12.1 Å². The van der Waals surface area contributed by atoms with Gasteiger partial charge in [0, 0.05) is 13.0 Å². The Hall–Kier alpha value is -3.01. The van der Waals surface area contributed by atoms with Gasteiger partial charge in [-0.05, 0) is 17.7 Å². The van der Waals surface area contributed by atoms with E-state index < -0.39 is 18.0 Å². The summed E-state index contributed by atoms with van der Waals surface area (Å²) in [5.41, 5.74) is 2.64. The lowest BCUT2D eigenvalue weighted by molar-refractivity contribution is -0.153. The Balaban J connectivity index is 1.80. The lowest BCUT2D eigenvalue weighted by atomic mass is 10.0. The number of rotatable bonds is 8. The van der Waals surface area contributed by atoms with Crippen molar-refractivity contribution in [2.45, 2.75) is 25.6 Å². The molecule has 0 radical (unpaired) electrons. The molecule has 1 N–H and O–H groups in total. The number of thioether (sulfide) groups is 1. The number of benzene rings is 1. The van der Waals surface area contributed by atoms with Crippen LogP contribution in [0.3, 0.4) is 0 Å². The van der Waals surface area contributed by atoms with Gasteiger partial charge in [-0.25, -0.2) is 9.78 Å². The van der Waals surface area contributed by atoms with Gasteiger partial charge in [0.15, 0.2) is 0 Å². The normalized spacial score (nSPS) is 15.4. The van der Waals surface area contributed by atoms with Crippen molar-refractivity contribution in [3.8, 4) is 5.75 Å². The zero-order chi connectivity index (χ0) is 21.7. The highest BCUT2D eigenvalue weighted by molar-refractivity contribution is 8.00. The maximum atomic E-state index is 12.7. The largest absolute Gasteiger partial charge is 0.497 e. The van der Waals surface area contributed by atoms with E-state index in [1.54, 1.807) is 13.4 Å². The van der Waals surface area contributed by atoms with E-state index >= 15 is 0 Å². The van der Waals surface area contributed by atoms with Gasteiger partial charge in [0.2, 0.25) is 5.91 Å². The number of methoxy groups -OCH3 is 2. The molecule has 0 unspecified atom stereocenters. The summed E-state index contributed by atoms with van der Waals surface area (Å²) in [5, 5.41) is 8.79.